The SMILES string of the molecule is COC(C)(C)c1nnc2n1CCNC2c1ccccc1. The van der Waals surface area contributed by atoms with Crippen LogP contribution < -0.4 is 5.32 Å². The van der Waals surface area contributed by atoms with E-state index in [-0.39, 0.29) is 6.04 Å². The summed E-state index contributed by atoms with van der Waals surface area (Å²) in [6.45, 7) is 5.80. The van der Waals surface area contributed by atoms with Gasteiger partial charge in [0, 0.05) is 20.2 Å². The van der Waals surface area contributed by atoms with Crippen LogP contribution in [0.4, 0.5) is 0 Å². The van der Waals surface area contributed by atoms with Gasteiger partial charge >= 0.3 is 0 Å². The fourth-order valence-electron chi connectivity index (χ4n) is 2.61. The second kappa shape index (κ2) is 5.00. The van der Waals surface area contributed by atoms with Crippen LogP contribution in [-0.2, 0) is 16.9 Å². The van der Waals surface area contributed by atoms with Gasteiger partial charge in [-0.25, -0.2) is 0 Å². The number of hydrogen-bond donors (Lipinski definition) is 1. The molecule has 0 fully saturated rings. The first-order chi connectivity index (χ1) is 9.63. The van der Waals surface area contributed by atoms with E-state index < -0.39 is 5.60 Å². The van der Waals surface area contributed by atoms with Crippen LogP contribution in [-0.4, -0.2) is 28.4 Å². The first-order valence-electron chi connectivity index (χ1n) is 6.90. The zero-order chi connectivity index (χ0) is 14.2. The average molecular weight is 272 g/mol. The van der Waals surface area contributed by atoms with Crippen molar-refractivity contribution in [1.29, 1.82) is 0 Å². The Morgan fingerprint density at radius 3 is 2.70 bits per heavy atom. The minimum Gasteiger partial charge on any atom is -0.371 e. The van der Waals surface area contributed by atoms with Crippen LogP contribution in [0.1, 0.15) is 37.1 Å². The molecule has 0 saturated heterocycles. The molecule has 5 nitrogen and oxygen atoms in total. The van der Waals surface area contributed by atoms with Crippen LogP contribution in [0.15, 0.2) is 30.3 Å². The molecule has 1 unspecified atom stereocenters. The first-order valence-corrected chi connectivity index (χ1v) is 6.90. The molecule has 0 radical (unpaired) electrons. The molecule has 5 heteroatoms. The molecule has 0 saturated carbocycles. The van der Waals surface area contributed by atoms with Crippen molar-refractivity contribution in [2.75, 3.05) is 13.7 Å². The summed E-state index contributed by atoms with van der Waals surface area (Å²) in [5.41, 5.74) is 0.784. The Morgan fingerprint density at radius 2 is 2.00 bits per heavy atom. The molecule has 106 valence electrons. The summed E-state index contributed by atoms with van der Waals surface area (Å²) in [6.07, 6.45) is 0. The number of hydrogen-bond acceptors (Lipinski definition) is 4. The highest BCUT2D eigenvalue weighted by molar-refractivity contribution is 5.26. The third-order valence-electron chi connectivity index (χ3n) is 3.90. The zero-order valence-electron chi connectivity index (χ0n) is 12.1. The van der Waals surface area contributed by atoms with Gasteiger partial charge in [0.25, 0.3) is 0 Å². The number of nitrogens with zero attached hydrogens (tertiary/aromatic N) is 3. The van der Waals surface area contributed by atoms with Crippen LogP contribution in [0.5, 0.6) is 0 Å². The van der Waals surface area contributed by atoms with Crippen molar-refractivity contribution in [3.8, 4) is 0 Å². The van der Waals surface area contributed by atoms with E-state index in [0.717, 1.165) is 24.7 Å². The van der Waals surface area contributed by atoms with E-state index in [0.29, 0.717) is 0 Å². The molecule has 1 atom stereocenters. The topological polar surface area (TPSA) is 52.0 Å². The van der Waals surface area contributed by atoms with E-state index in [9.17, 15) is 0 Å². The van der Waals surface area contributed by atoms with Crippen molar-refractivity contribution < 1.29 is 4.74 Å². The van der Waals surface area contributed by atoms with Gasteiger partial charge in [0.05, 0.1) is 6.04 Å². The third kappa shape index (κ3) is 2.13. The fourth-order valence-corrected chi connectivity index (χ4v) is 2.61. The standard InChI is InChI=1S/C15H20N4O/c1-15(2,20-3)14-18-17-13-12(16-9-10-19(13)14)11-7-5-4-6-8-11/h4-8,12,16H,9-10H2,1-3H3. The summed E-state index contributed by atoms with van der Waals surface area (Å²) in [6, 6.07) is 10.4. The van der Waals surface area contributed by atoms with Gasteiger partial charge in [-0.3, -0.25) is 0 Å². The van der Waals surface area contributed by atoms with Gasteiger partial charge in [-0.1, -0.05) is 30.3 Å². The molecule has 2 heterocycles. The highest BCUT2D eigenvalue weighted by atomic mass is 16.5. The van der Waals surface area contributed by atoms with Crippen LogP contribution >= 0.6 is 0 Å². The van der Waals surface area contributed by atoms with Crippen molar-refractivity contribution in [2.45, 2.75) is 32.0 Å². The smallest absolute Gasteiger partial charge is 0.164 e. The number of aromatic nitrogens is 3. The normalized spacial score (nSPS) is 18.9. The minimum atomic E-state index is -0.427. The van der Waals surface area contributed by atoms with E-state index >= 15 is 0 Å². The molecule has 1 aliphatic rings. The Labute approximate surface area is 119 Å². The number of methoxy groups -OCH3 is 1. The number of ether oxygens (including phenoxy) is 1. The van der Waals surface area contributed by atoms with Crippen molar-refractivity contribution in [3.05, 3.63) is 47.5 Å². The molecule has 2 aromatic rings. The number of fused-ring (bicyclic) bond motifs is 1. The van der Waals surface area contributed by atoms with Crippen LogP contribution in [0.3, 0.4) is 0 Å². The van der Waals surface area contributed by atoms with Crippen molar-refractivity contribution >= 4 is 0 Å². The van der Waals surface area contributed by atoms with Gasteiger partial charge in [-0.05, 0) is 19.4 Å². The van der Waals surface area contributed by atoms with Gasteiger partial charge in [-0.15, -0.1) is 10.2 Å². The zero-order valence-corrected chi connectivity index (χ0v) is 12.1. The Balaban J connectivity index is 2.03. The first kappa shape index (κ1) is 13.3. The van der Waals surface area contributed by atoms with Gasteiger partial charge in [0.2, 0.25) is 0 Å². The van der Waals surface area contributed by atoms with Crippen molar-refractivity contribution in [1.82, 2.24) is 20.1 Å². The van der Waals surface area contributed by atoms with E-state index in [1.165, 1.54) is 5.56 Å². The molecule has 1 aliphatic heterocycles. The summed E-state index contributed by atoms with van der Waals surface area (Å²) in [4.78, 5) is 0. The fraction of sp³-hybridized carbons (Fsp3) is 0.467. The Bertz CT molecular complexity index is 591. The monoisotopic (exact) mass is 272 g/mol. The molecular formula is C15H20N4O. The minimum absolute atomic E-state index is 0.0962. The van der Waals surface area contributed by atoms with E-state index in [2.05, 4.69) is 32.2 Å². The van der Waals surface area contributed by atoms with Crippen LogP contribution in [0.25, 0.3) is 0 Å². The third-order valence-corrected chi connectivity index (χ3v) is 3.90. The lowest BCUT2D eigenvalue weighted by Crippen LogP contribution is -2.37. The predicted molar refractivity (Wildman–Crippen MR) is 76.3 cm³/mol. The molecule has 1 aromatic carbocycles. The lowest BCUT2D eigenvalue weighted by molar-refractivity contribution is 0.00772. The molecule has 0 spiro atoms. The molecule has 1 aromatic heterocycles. The number of rotatable bonds is 3. The lowest BCUT2D eigenvalue weighted by atomic mass is 10.0. The van der Waals surface area contributed by atoms with Gasteiger partial charge in [0.1, 0.15) is 5.60 Å². The molecule has 0 aliphatic carbocycles. The summed E-state index contributed by atoms with van der Waals surface area (Å²) < 4.78 is 7.72. The average Bonchev–Trinajstić information content (AvgIpc) is 2.92. The quantitative estimate of drug-likeness (QED) is 0.926. The van der Waals surface area contributed by atoms with Crippen LogP contribution in [0, 0.1) is 0 Å². The highest BCUT2D eigenvalue weighted by Crippen LogP contribution is 2.29. The van der Waals surface area contributed by atoms with Gasteiger partial charge in [0.15, 0.2) is 11.6 Å². The Hall–Kier alpha value is -1.72. The summed E-state index contributed by atoms with van der Waals surface area (Å²) in [5.74, 6) is 1.85. The lowest BCUT2D eigenvalue weighted by Gasteiger charge is -2.28. The molecule has 0 amide bonds. The van der Waals surface area contributed by atoms with Crippen molar-refractivity contribution in [2.24, 2.45) is 0 Å². The number of benzene rings is 1. The second-order valence-electron chi connectivity index (χ2n) is 5.55. The maximum atomic E-state index is 5.55. The van der Waals surface area contributed by atoms with Gasteiger partial charge in [-0.2, -0.15) is 0 Å². The van der Waals surface area contributed by atoms with Crippen molar-refractivity contribution in [3.63, 3.8) is 0 Å². The predicted octanol–water partition coefficient (Wildman–Crippen LogP) is 1.85. The van der Waals surface area contributed by atoms with Crippen LogP contribution in [0.2, 0.25) is 0 Å². The maximum Gasteiger partial charge on any atom is 0.164 e. The molecule has 1 N–H and O–H groups in total. The molecule has 20 heavy (non-hydrogen) atoms. The second-order valence-corrected chi connectivity index (χ2v) is 5.55. The molecular weight excluding hydrogens is 252 g/mol. The van der Waals surface area contributed by atoms with E-state index in [4.69, 9.17) is 4.74 Å². The Kier molecular flexibility index (Phi) is 3.31. The largest absolute Gasteiger partial charge is 0.371 e. The molecule has 3 rings (SSSR count). The number of nitrogens with one attached hydrogen (secondary N) is 1. The molecule has 0 bridgehead atoms. The highest BCUT2D eigenvalue weighted by Gasteiger charge is 2.32. The maximum absolute atomic E-state index is 5.55. The summed E-state index contributed by atoms with van der Waals surface area (Å²) in [7, 11) is 1.71. The van der Waals surface area contributed by atoms with E-state index in [1.54, 1.807) is 7.11 Å². The summed E-state index contributed by atoms with van der Waals surface area (Å²) >= 11 is 0. The van der Waals surface area contributed by atoms with E-state index in [1.807, 2.05) is 32.0 Å². The Morgan fingerprint density at radius 1 is 1.25 bits per heavy atom. The van der Waals surface area contributed by atoms with Gasteiger partial charge < -0.3 is 14.6 Å². The summed E-state index contributed by atoms with van der Waals surface area (Å²) in [5, 5.41) is 12.3.